The molecule has 66 heavy (non-hydrogen) atoms. The number of fused-ring (bicyclic) bond motifs is 8. The minimum absolute atomic E-state index is 0. The molecule has 348 valence electrons. The number of nitrogens with one attached hydrogen (secondary N) is 2. The van der Waals surface area contributed by atoms with E-state index in [9.17, 15) is 19.2 Å². The number of rotatable bonds is 21. The number of aryl methyl sites for hydroxylation is 2. The number of H-pyrrole nitrogens is 2. The number of carbonyl (C=O) groups excluding carboxylic acids is 4. The molecule has 0 spiro atoms. The minimum atomic E-state index is -1.23. The van der Waals surface area contributed by atoms with Crippen molar-refractivity contribution in [3.8, 4) is 0 Å². The fraction of sp³-hybridized carbons (Fsp3) is 0.527. The molecule has 11 heteroatoms. The van der Waals surface area contributed by atoms with Crippen LogP contribution in [0.15, 0.2) is 36.4 Å². The zero-order valence-electron chi connectivity index (χ0n) is 41.4. The summed E-state index contributed by atoms with van der Waals surface area (Å²) in [6.45, 7) is 23.7. The van der Waals surface area contributed by atoms with E-state index in [2.05, 4.69) is 58.1 Å². The third-order valence-corrected chi connectivity index (χ3v) is 14.3. The first-order valence-electron chi connectivity index (χ1n) is 24.1. The van der Waals surface area contributed by atoms with Crippen molar-refractivity contribution in [2.45, 2.75) is 157 Å². The Kier molecular flexibility index (Phi) is 18.6. The van der Waals surface area contributed by atoms with Crippen LogP contribution in [0.1, 0.15) is 199 Å². The van der Waals surface area contributed by atoms with Gasteiger partial charge in [-0.15, -0.1) is 22.1 Å². The summed E-state index contributed by atoms with van der Waals surface area (Å²) < 4.78 is 11.0. The number of aromatic amines is 2. The van der Waals surface area contributed by atoms with E-state index >= 15 is 0 Å². The molecule has 8 bridgehead atoms. The quantitative estimate of drug-likeness (QED) is 0.0338. The van der Waals surface area contributed by atoms with Crippen molar-refractivity contribution in [1.82, 2.24) is 9.97 Å². The number of allylic oxidation sites excluding steroid dienone is 3. The molecule has 3 aromatic rings. The van der Waals surface area contributed by atoms with Gasteiger partial charge in [0.15, 0.2) is 23.5 Å². The molecule has 0 fully saturated rings. The van der Waals surface area contributed by atoms with E-state index < -0.39 is 11.9 Å². The van der Waals surface area contributed by atoms with Crippen LogP contribution < -0.4 is 19.9 Å². The number of Topliss-reactive ketones (excluding diaryl/α,β-unsaturated/α-hetero) is 1. The number of esters is 2. The molecule has 1 aliphatic carbocycles. The normalized spacial score (nSPS) is 17.8. The fourth-order valence-corrected chi connectivity index (χ4v) is 10.2. The third kappa shape index (κ3) is 11.6. The number of nitrogens with zero attached hydrogens (tertiary/aromatic N) is 2. The molecule has 3 aliphatic rings. The molecule has 5 heterocycles. The Morgan fingerprint density at radius 3 is 2.17 bits per heavy atom. The molecule has 2 N–H and O–H groups in total. The Bertz CT molecular complexity index is 2540. The van der Waals surface area contributed by atoms with Crippen LogP contribution in [0.5, 0.6) is 0 Å². The first-order valence-corrected chi connectivity index (χ1v) is 24.1. The van der Waals surface area contributed by atoms with Gasteiger partial charge in [-0.05, 0) is 94.0 Å². The summed E-state index contributed by atoms with van der Waals surface area (Å²) in [5, 5.41) is 0. The zero-order chi connectivity index (χ0) is 47.1. The monoisotopic (exact) mass is 909 g/mol. The van der Waals surface area contributed by atoms with E-state index in [1.54, 1.807) is 6.08 Å². The van der Waals surface area contributed by atoms with Crippen LogP contribution in [-0.4, -0.2) is 60.8 Å². The number of aromatic nitrogens is 4. The van der Waals surface area contributed by atoms with Gasteiger partial charge in [0, 0.05) is 23.1 Å². The van der Waals surface area contributed by atoms with Gasteiger partial charge in [-0.2, -0.15) is 0 Å². The molecule has 5 atom stereocenters. The third-order valence-electron chi connectivity index (χ3n) is 14.3. The van der Waals surface area contributed by atoms with Gasteiger partial charge < -0.3 is 19.4 Å². The van der Waals surface area contributed by atoms with Gasteiger partial charge in [-0.1, -0.05) is 116 Å². The average Bonchev–Trinajstić information content (AvgIpc) is 4.02. The predicted molar refractivity (Wildman–Crippen MR) is 264 cm³/mol. The van der Waals surface area contributed by atoms with Crippen molar-refractivity contribution in [1.29, 1.82) is 0 Å². The van der Waals surface area contributed by atoms with Crippen molar-refractivity contribution < 1.29 is 38.6 Å². The number of ketones is 1. The van der Waals surface area contributed by atoms with E-state index in [-0.39, 0.29) is 59.7 Å². The Morgan fingerprint density at radius 1 is 0.879 bits per heavy atom. The van der Waals surface area contributed by atoms with Gasteiger partial charge in [0.25, 0.3) is 0 Å². The standard InChI is InChI=1S/C55H71N4O6.Mg/c1-12-38-35(8)42-27-43-36(9)40(23-24-48(61)65-26-25-34(7)22-16-21-33(6)20-15-19-32(5)18-14-17-31(3)4)52(58-43)50-51(55(63)64-11)54(62)49-37(10)44(59-53(49)50)28-46-39(13-2)41(30-60)47(57-46)29-45(38)56-42;/h12,25,27-33,36,40,51H,1,13-24,26H2,2-11H3,(H-,56,57,58,59,60,62);/q-1;+2/p+1/b34-25+;/t32?,33?,36-,40-,51+;/m0./s1. The first-order chi connectivity index (χ1) is 31.1. The topological polar surface area (TPSA) is 143 Å². The van der Waals surface area contributed by atoms with Gasteiger partial charge in [0.2, 0.25) is 11.4 Å². The maximum Gasteiger partial charge on any atom is 2.00 e. The van der Waals surface area contributed by atoms with Crippen molar-refractivity contribution in [2.75, 3.05) is 13.7 Å². The maximum absolute atomic E-state index is 14.4. The van der Waals surface area contributed by atoms with Gasteiger partial charge >= 0.3 is 35.0 Å². The second-order valence-corrected chi connectivity index (χ2v) is 19.5. The van der Waals surface area contributed by atoms with Gasteiger partial charge in [-0.25, -0.2) is 9.97 Å². The Balaban J connectivity index is 0.00000817. The molecule has 2 unspecified atom stereocenters. The van der Waals surface area contributed by atoms with E-state index in [4.69, 9.17) is 19.4 Å². The summed E-state index contributed by atoms with van der Waals surface area (Å²) in [6.07, 6.45) is 17.0. The minimum Gasteiger partial charge on any atom is -0.657 e. The summed E-state index contributed by atoms with van der Waals surface area (Å²) >= 11 is 0. The van der Waals surface area contributed by atoms with Gasteiger partial charge in [-0.3, -0.25) is 19.2 Å². The molecular formula is C55H72MgN4O6+2. The van der Waals surface area contributed by atoms with Crippen molar-refractivity contribution in [3.05, 3.63) is 87.0 Å². The molecule has 0 aromatic carbocycles. The van der Waals surface area contributed by atoms with E-state index in [0.29, 0.717) is 80.2 Å². The summed E-state index contributed by atoms with van der Waals surface area (Å²) in [4.78, 5) is 71.2. The number of carbonyl (C=O) groups is 4. The van der Waals surface area contributed by atoms with Crippen LogP contribution in [0.2, 0.25) is 0 Å². The Hall–Kier alpha value is -4.61. The van der Waals surface area contributed by atoms with Crippen LogP contribution in [0.25, 0.3) is 39.3 Å². The molecule has 0 saturated carbocycles. The van der Waals surface area contributed by atoms with Crippen molar-refractivity contribution >= 4 is 86.3 Å². The fourth-order valence-electron chi connectivity index (χ4n) is 10.2. The van der Waals surface area contributed by atoms with Crippen LogP contribution in [0.3, 0.4) is 0 Å². The number of aldehydes is 1. The number of hydrogen-bond acceptors (Lipinski definition) is 6. The second-order valence-electron chi connectivity index (χ2n) is 19.5. The molecule has 0 radical (unpaired) electrons. The summed E-state index contributed by atoms with van der Waals surface area (Å²) in [5.74, 6) is -0.738. The van der Waals surface area contributed by atoms with E-state index in [1.165, 1.54) is 57.6 Å². The smallest absolute Gasteiger partial charge is 0.657 e. The van der Waals surface area contributed by atoms with Crippen LogP contribution in [-0.2, 0) is 23.9 Å². The molecule has 0 saturated heterocycles. The molecular weight excluding hydrogens is 837 g/mol. The van der Waals surface area contributed by atoms with E-state index in [0.717, 1.165) is 53.4 Å². The summed E-state index contributed by atoms with van der Waals surface area (Å²) in [7, 11) is 1.28. The largest absolute Gasteiger partial charge is 2.00 e. The SMILES string of the molecule is C=Cc1c(C)c2cc3[nH+]c(c4c5[n-]c(cc6[nH+]c(cc1[n-]2)C(C=O)=C6CC)c(C)c5C(=O)[C@@H]4C(=O)OC)[C@@H](CCC(=O)OC/C=C(\C)CCCC(C)CCCC(C)CCCC(C)C)[C@@H]3C.[Mg+2]. The molecule has 10 nitrogen and oxygen atoms in total. The molecule has 3 aromatic heterocycles. The summed E-state index contributed by atoms with van der Waals surface area (Å²) in [6, 6.07) is 5.74. The van der Waals surface area contributed by atoms with Gasteiger partial charge in [0.05, 0.1) is 24.5 Å². The van der Waals surface area contributed by atoms with E-state index in [1.807, 2.05) is 45.0 Å². The first kappa shape index (κ1) is 52.4. The van der Waals surface area contributed by atoms with Crippen LogP contribution in [0.4, 0.5) is 0 Å². The van der Waals surface area contributed by atoms with Crippen molar-refractivity contribution in [2.24, 2.45) is 17.8 Å². The van der Waals surface area contributed by atoms with Crippen LogP contribution >= 0.6 is 0 Å². The number of hydrogen-bond donors (Lipinski definition) is 0. The van der Waals surface area contributed by atoms with Crippen molar-refractivity contribution in [3.63, 3.8) is 0 Å². The average molecular weight is 910 g/mol. The molecule has 0 amide bonds. The number of methoxy groups -OCH3 is 1. The Morgan fingerprint density at radius 2 is 1.53 bits per heavy atom. The van der Waals surface area contributed by atoms with Crippen LogP contribution in [0, 0.1) is 31.6 Å². The second kappa shape index (κ2) is 23.4. The predicted octanol–water partition coefficient (Wildman–Crippen LogP) is 10.9. The molecule has 6 rings (SSSR count). The number of ether oxygens (including phenoxy) is 2. The Labute approximate surface area is 408 Å². The van der Waals surface area contributed by atoms with Gasteiger partial charge in [0.1, 0.15) is 12.5 Å². The molecule has 2 aliphatic heterocycles. The zero-order valence-corrected chi connectivity index (χ0v) is 42.8. The summed E-state index contributed by atoms with van der Waals surface area (Å²) in [5.41, 5.74) is 11.0. The maximum atomic E-state index is 14.4.